The summed E-state index contributed by atoms with van der Waals surface area (Å²) in [4.78, 5) is 23.2. The molecule has 1 N–H and O–H groups in total. The van der Waals surface area contributed by atoms with Gasteiger partial charge in [0.25, 0.3) is 0 Å². The number of carbonyl (C=O) groups is 2. The first kappa shape index (κ1) is 21.1. The van der Waals surface area contributed by atoms with Gasteiger partial charge < -0.3 is 9.84 Å². The van der Waals surface area contributed by atoms with Gasteiger partial charge in [0.2, 0.25) is 0 Å². The van der Waals surface area contributed by atoms with Crippen LogP contribution in [0.4, 0.5) is 0 Å². The van der Waals surface area contributed by atoms with E-state index in [-0.39, 0.29) is 5.75 Å². The number of aldehydes is 1. The Kier molecular flexibility index (Phi) is 6.42. The van der Waals surface area contributed by atoms with Crippen molar-refractivity contribution in [2.45, 2.75) is 12.8 Å². The highest BCUT2D eigenvalue weighted by Gasteiger charge is 2.09. The first-order valence-electron chi connectivity index (χ1n) is 10.3. The lowest BCUT2D eigenvalue weighted by Crippen LogP contribution is -2.08. The Morgan fingerprint density at radius 3 is 1.59 bits per heavy atom. The topological polar surface area (TPSA) is 63.6 Å². The fourth-order valence-electron chi connectivity index (χ4n) is 3.40. The maximum Gasteiger partial charge on any atom is 0.343 e. The molecule has 0 aromatic heterocycles. The third-order valence-electron chi connectivity index (χ3n) is 5.19. The fraction of sp³-hybridized carbons (Fsp3) is 0.0714. The Morgan fingerprint density at radius 2 is 1.09 bits per heavy atom. The molecule has 0 heterocycles. The summed E-state index contributed by atoms with van der Waals surface area (Å²) in [7, 11) is 0. The third kappa shape index (κ3) is 5.49. The summed E-state index contributed by atoms with van der Waals surface area (Å²) in [5.74, 6) is 0.333. The SMILES string of the molecule is O=Cc1ccc(Cc2ccc(C(=O)Oc3ccc(Cc4ccc(O)cc4)cc3)cc2)cc1. The molecule has 4 aromatic rings. The van der Waals surface area contributed by atoms with Crippen molar-refractivity contribution < 1.29 is 19.4 Å². The Bertz CT molecular complexity index is 1190. The lowest BCUT2D eigenvalue weighted by molar-refractivity contribution is 0.0734. The van der Waals surface area contributed by atoms with Crippen LogP contribution in [0.1, 0.15) is 43.0 Å². The summed E-state index contributed by atoms with van der Waals surface area (Å²) in [5, 5.41) is 9.38. The average Bonchev–Trinajstić information content (AvgIpc) is 2.83. The molecule has 0 atom stereocenters. The number of phenols is 1. The standard InChI is InChI=1S/C28H22O4/c29-19-24-3-1-20(2-4-24)17-21-5-11-25(12-6-21)28(31)32-27-15-9-23(10-16-27)18-22-7-13-26(30)14-8-22/h1-16,19,30H,17-18H2. The van der Waals surface area contributed by atoms with Crippen LogP contribution >= 0.6 is 0 Å². The largest absolute Gasteiger partial charge is 0.508 e. The Hall–Kier alpha value is -4.18. The summed E-state index contributed by atoms with van der Waals surface area (Å²) in [5.41, 5.74) is 5.48. The molecule has 0 bridgehead atoms. The van der Waals surface area contributed by atoms with E-state index in [4.69, 9.17) is 4.74 Å². The molecule has 0 fully saturated rings. The molecule has 4 aromatic carbocycles. The Labute approximate surface area is 186 Å². The predicted molar refractivity (Wildman–Crippen MR) is 123 cm³/mol. The van der Waals surface area contributed by atoms with Crippen LogP contribution in [0.5, 0.6) is 11.5 Å². The van der Waals surface area contributed by atoms with Crippen molar-refractivity contribution in [2.75, 3.05) is 0 Å². The third-order valence-corrected chi connectivity index (χ3v) is 5.19. The molecule has 0 spiro atoms. The molecule has 4 rings (SSSR count). The van der Waals surface area contributed by atoms with E-state index in [1.807, 2.05) is 48.5 Å². The van der Waals surface area contributed by atoms with E-state index in [1.54, 1.807) is 48.5 Å². The molecule has 0 radical (unpaired) electrons. The predicted octanol–water partition coefficient (Wildman–Crippen LogP) is 5.61. The van der Waals surface area contributed by atoms with Crippen molar-refractivity contribution in [3.05, 3.63) is 130 Å². The van der Waals surface area contributed by atoms with E-state index in [9.17, 15) is 14.7 Å². The highest BCUT2D eigenvalue weighted by molar-refractivity contribution is 5.91. The normalized spacial score (nSPS) is 10.5. The first-order chi connectivity index (χ1) is 15.6. The Balaban J connectivity index is 1.34. The quantitative estimate of drug-likeness (QED) is 0.239. The molecule has 4 nitrogen and oxygen atoms in total. The molecular weight excluding hydrogens is 400 g/mol. The monoisotopic (exact) mass is 422 g/mol. The van der Waals surface area contributed by atoms with Crippen LogP contribution in [-0.4, -0.2) is 17.4 Å². The minimum Gasteiger partial charge on any atom is -0.508 e. The van der Waals surface area contributed by atoms with Crippen molar-refractivity contribution >= 4 is 12.3 Å². The number of phenolic OH excluding ortho intramolecular Hbond substituents is 1. The smallest absolute Gasteiger partial charge is 0.343 e. The van der Waals surface area contributed by atoms with Gasteiger partial charge in [0.1, 0.15) is 17.8 Å². The van der Waals surface area contributed by atoms with Gasteiger partial charge >= 0.3 is 5.97 Å². The minimum absolute atomic E-state index is 0.247. The summed E-state index contributed by atoms with van der Waals surface area (Å²) >= 11 is 0. The molecule has 32 heavy (non-hydrogen) atoms. The van der Waals surface area contributed by atoms with Gasteiger partial charge in [-0.25, -0.2) is 4.79 Å². The van der Waals surface area contributed by atoms with Gasteiger partial charge in [-0.05, 0) is 71.5 Å². The van der Waals surface area contributed by atoms with E-state index in [2.05, 4.69) is 0 Å². The van der Waals surface area contributed by atoms with E-state index >= 15 is 0 Å². The maximum atomic E-state index is 12.5. The molecule has 0 amide bonds. The zero-order valence-electron chi connectivity index (χ0n) is 17.4. The molecule has 4 heteroatoms. The van der Waals surface area contributed by atoms with Crippen molar-refractivity contribution in [1.82, 2.24) is 0 Å². The van der Waals surface area contributed by atoms with Crippen LogP contribution < -0.4 is 4.74 Å². The number of benzene rings is 4. The van der Waals surface area contributed by atoms with E-state index < -0.39 is 5.97 Å². The van der Waals surface area contributed by atoms with Crippen LogP contribution in [0, 0.1) is 0 Å². The van der Waals surface area contributed by atoms with E-state index in [0.717, 1.165) is 41.4 Å². The minimum atomic E-state index is -0.404. The van der Waals surface area contributed by atoms with Crippen LogP contribution in [0.2, 0.25) is 0 Å². The lowest BCUT2D eigenvalue weighted by atomic mass is 10.0. The molecule has 0 saturated carbocycles. The van der Waals surface area contributed by atoms with Crippen LogP contribution in [0.3, 0.4) is 0 Å². The summed E-state index contributed by atoms with van der Waals surface area (Å²) in [6.07, 6.45) is 2.28. The van der Waals surface area contributed by atoms with Gasteiger partial charge in [-0.1, -0.05) is 60.7 Å². The van der Waals surface area contributed by atoms with Crippen molar-refractivity contribution in [2.24, 2.45) is 0 Å². The second kappa shape index (κ2) is 9.75. The molecule has 0 aliphatic heterocycles. The van der Waals surface area contributed by atoms with Gasteiger partial charge in [0.05, 0.1) is 5.56 Å². The molecule has 158 valence electrons. The van der Waals surface area contributed by atoms with Crippen molar-refractivity contribution in [1.29, 1.82) is 0 Å². The summed E-state index contributed by atoms with van der Waals surface area (Å²) in [6, 6.07) is 29.3. The second-order valence-corrected chi connectivity index (χ2v) is 7.61. The van der Waals surface area contributed by atoms with Crippen LogP contribution in [0.25, 0.3) is 0 Å². The van der Waals surface area contributed by atoms with Crippen molar-refractivity contribution in [3.8, 4) is 11.5 Å². The second-order valence-electron chi connectivity index (χ2n) is 7.61. The molecule has 0 saturated heterocycles. The van der Waals surface area contributed by atoms with E-state index in [0.29, 0.717) is 16.9 Å². The highest BCUT2D eigenvalue weighted by Crippen LogP contribution is 2.19. The average molecular weight is 422 g/mol. The molecule has 0 aliphatic rings. The van der Waals surface area contributed by atoms with Crippen molar-refractivity contribution in [3.63, 3.8) is 0 Å². The van der Waals surface area contributed by atoms with Gasteiger partial charge in [-0.2, -0.15) is 0 Å². The van der Waals surface area contributed by atoms with Gasteiger partial charge in [-0.3, -0.25) is 4.79 Å². The summed E-state index contributed by atoms with van der Waals surface area (Å²) < 4.78 is 5.50. The number of hydrogen-bond donors (Lipinski definition) is 1. The van der Waals surface area contributed by atoms with Crippen LogP contribution in [0.15, 0.2) is 97.1 Å². The van der Waals surface area contributed by atoms with E-state index in [1.165, 1.54) is 0 Å². The number of aromatic hydroxyl groups is 1. The number of carbonyl (C=O) groups excluding carboxylic acids is 2. The van der Waals surface area contributed by atoms with Gasteiger partial charge in [0, 0.05) is 5.56 Å². The first-order valence-corrected chi connectivity index (χ1v) is 10.3. The lowest BCUT2D eigenvalue weighted by Gasteiger charge is -2.07. The molecule has 0 aliphatic carbocycles. The number of ether oxygens (including phenoxy) is 1. The Morgan fingerprint density at radius 1 is 0.656 bits per heavy atom. The zero-order valence-corrected chi connectivity index (χ0v) is 17.4. The summed E-state index contributed by atoms with van der Waals surface area (Å²) in [6.45, 7) is 0. The number of esters is 1. The number of rotatable bonds is 7. The molecular formula is C28H22O4. The van der Waals surface area contributed by atoms with Gasteiger partial charge in [-0.15, -0.1) is 0 Å². The number of hydrogen-bond acceptors (Lipinski definition) is 4. The van der Waals surface area contributed by atoms with Crippen LogP contribution in [-0.2, 0) is 12.8 Å². The maximum absolute atomic E-state index is 12.5. The zero-order chi connectivity index (χ0) is 22.3. The van der Waals surface area contributed by atoms with Gasteiger partial charge in [0.15, 0.2) is 0 Å². The highest BCUT2D eigenvalue weighted by atomic mass is 16.5. The fourth-order valence-corrected chi connectivity index (χ4v) is 3.40. The molecule has 0 unspecified atom stereocenters.